The maximum Gasteiger partial charge on any atom is 0.269 e. The second-order valence-corrected chi connectivity index (χ2v) is 9.38. The maximum atomic E-state index is 12.8. The zero-order valence-electron chi connectivity index (χ0n) is 18.0. The number of nitrogens with one attached hydrogen (secondary N) is 2. The minimum atomic E-state index is -3.85. The molecule has 0 unspecified atom stereocenters. The Kier molecular flexibility index (Phi) is 5.89. The molecule has 0 aromatic heterocycles. The number of ether oxygens (including phenoxy) is 4. The summed E-state index contributed by atoms with van der Waals surface area (Å²) < 4.78 is 50.6. The number of benzene rings is 3. The highest BCUT2D eigenvalue weighted by Gasteiger charge is 2.27. The highest BCUT2D eigenvalue weighted by molar-refractivity contribution is 7.92. The monoisotopic (exact) mass is 482 g/mol. The van der Waals surface area contributed by atoms with Crippen LogP contribution in [0.15, 0.2) is 71.6 Å². The Hall–Kier alpha value is -3.92. The first-order valence-electron chi connectivity index (χ1n) is 10.7. The van der Waals surface area contributed by atoms with Crippen molar-refractivity contribution >= 4 is 27.3 Å². The molecule has 1 atom stereocenters. The lowest BCUT2D eigenvalue weighted by atomic mass is 10.2. The SMILES string of the molecule is O=C(Nc1ccc(NS(=O)(=O)c2ccc3c(c2)OCCCO3)cc1)[C@H]1COc2ccccc2O1. The third kappa shape index (κ3) is 4.72. The number of fused-ring (bicyclic) bond motifs is 2. The van der Waals surface area contributed by atoms with Crippen LogP contribution < -0.4 is 29.0 Å². The molecule has 1 amide bonds. The van der Waals surface area contributed by atoms with E-state index in [4.69, 9.17) is 18.9 Å². The molecule has 2 aliphatic rings. The summed E-state index contributed by atoms with van der Waals surface area (Å²) in [4.78, 5) is 12.6. The van der Waals surface area contributed by atoms with E-state index in [1.165, 1.54) is 12.1 Å². The molecule has 5 rings (SSSR count). The number of amides is 1. The second kappa shape index (κ2) is 9.14. The number of sulfonamides is 1. The molecule has 2 heterocycles. The summed E-state index contributed by atoms with van der Waals surface area (Å²) in [6, 6.07) is 18.0. The van der Waals surface area contributed by atoms with E-state index in [0.29, 0.717) is 47.6 Å². The van der Waals surface area contributed by atoms with Gasteiger partial charge < -0.3 is 24.3 Å². The van der Waals surface area contributed by atoms with E-state index in [0.717, 1.165) is 6.42 Å². The number of hydrogen-bond acceptors (Lipinski definition) is 7. The van der Waals surface area contributed by atoms with Gasteiger partial charge in [0.25, 0.3) is 15.9 Å². The average Bonchev–Trinajstić information content (AvgIpc) is 3.10. The highest BCUT2D eigenvalue weighted by Crippen LogP contribution is 2.33. The van der Waals surface area contributed by atoms with Crippen LogP contribution in [0.5, 0.6) is 23.0 Å². The van der Waals surface area contributed by atoms with E-state index in [1.807, 2.05) is 6.07 Å². The van der Waals surface area contributed by atoms with Crippen LogP contribution >= 0.6 is 0 Å². The van der Waals surface area contributed by atoms with Gasteiger partial charge in [-0.3, -0.25) is 9.52 Å². The average molecular weight is 483 g/mol. The Bertz CT molecular complexity index is 1310. The van der Waals surface area contributed by atoms with Crippen molar-refractivity contribution in [3.05, 3.63) is 66.7 Å². The molecule has 9 nitrogen and oxygen atoms in total. The van der Waals surface area contributed by atoms with Gasteiger partial charge in [0.15, 0.2) is 23.0 Å². The fraction of sp³-hybridized carbons (Fsp3) is 0.208. The first-order chi connectivity index (χ1) is 16.5. The topological polar surface area (TPSA) is 112 Å². The van der Waals surface area contributed by atoms with Crippen LogP contribution in [0.1, 0.15) is 6.42 Å². The fourth-order valence-electron chi connectivity index (χ4n) is 3.52. The summed E-state index contributed by atoms with van der Waals surface area (Å²) >= 11 is 0. The Morgan fingerprint density at radius 1 is 0.794 bits per heavy atom. The summed E-state index contributed by atoms with van der Waals surface area (Å²) in [7, 11) is -3.85. The zero-order valence-corrected chi connectivity index (χ0v) is 18.8. The minimum Gasteiger partial charge on any atom is -0.490 e. The normalized spacial score (nSPS) is 16.8. The Morgan fingerprint density at radius 2 is 1.47 bits per heavy atom. The molecule has 2 N–H and O–H groups in total. The first-order valence-corrected chi connectivity index (χ1v) is 12.2. The highest BCUT2D eigenvalue weighted by atomic mass is 32.2. The van der Waals surface area contributed by atoms with Crippen LogP contribution in [0.25, 0.3) is 0 Å². The van der Waals surface area contributed by atoms with Gasteiger partial charge in [0.05, 0.1) is 18.1 Å². The fourth-order valence-corrected chi connectivity index (χ4v) is 4.59. The van der Waals surface area contributed by atoms with Gasteiger partial charge in [-0.15, -0.1) is 0 Å². The van der Waals surface area contributed by atoms with Gasteiger partial charge in [-0.05, 0) is 48.5 Å². The molecule has 34 heavy (non-hydrogen) atoms. The molecule has 0 radical (unpaired) electrons. The van der Waals surface area contributed by atoms with Crippen molar-refractivity contribution in [2.75, 3.05) is 29.9 Å². The van der Waals surface area contributed by atoms with Crippen molar-refractivity contribution in [3.63, 3.8) is 0 Å². The number of carbonyl (C=O) groups excluding carboxylic acids is 1. The number of hydrogen-bond donors (Lipinski definition) is 2. The van der Waals surface area contributed by atoms with Gasteiger partial charge in [0.1, 0.15) is 6.61 Å². The van der Waals surface area contributed by atoms with E-state index >= 15 is 0 Å². The molecular formula is C24H22N2O7S. The first kappa shape index (κ1) is 21.9. The molecule has 3 aromatic rings. The lowest BCUT2D eigenvalue weighted by Gasteiger charge is -2.25. The molecule has 0 fully saturated rings. The zero-order chi connectivity index (χ0) is 23.5. The summed E-state index contributed by atoms with van der Waals surface area (Å²) in [5.74, 6) is 1.66. The van der Waals surface area contributed by atoms with Gasteiger partial charge in [-0.2, -0.15) is 0 Å². The number of para-hydroxylation sites is 2. The third-order valence-corrected chi connectivity index (χ3v) is 6.61. The van der Waals surface area contributed by atoms with Crippen molar-refractivity contribution in [3.8, 4) is 23.0 Å². The van der Waals surface area contributed by atoms with Gasteiger partial charge in [-0.1, -0.05) is 12.1 Å². The van der Waals surface area contributed by atoms with Gasteiger partial charge in [-0.25, -0.2) is 8.42 Å². The lowest BCUT2D eigenvalue weighted by Crippen LogP contribution is -2.40. The predicted octanol–water partition coefficient (Wildman–Crippen LogP) is 3.43. The Balaban J connectivity index is 1.23. The van der Waals surface area contributed by atoms with Gasteiger partial charge in [0, 0.05) is 23.9 Å². The molecule has 2 aliphatic heterocycles. The standard InChI is InChI=1S/C24H22N2O7S/c27-24(23-15-32-19-4-1-2-5-21(19)33-23)25-16-6-8-17(9-7-16)26-34(28,29)18-10-11-20-22(14-18)31-13-3-12-30-20/h1-2,4-11,14,23,26H,3,12-13,15H2,(H,25,27)/t23-/m1/s1. The molecule has 0 bridgehead atoms. The van der Waals surface area contributed by atoms with Crippen LogP contribution in [0.2, 0.25) is 0 Å². The molecule has 10 heteroatoms. The maximum absolute atomic E-state index is 12.8. The smallest absolute Gasteiger partial charge is 0.269 e. The number of carbonyl (C=O) groups is 1. The second-order valence-electron chi connectivity index (χ2n) is 7.70. The Labute approximate surface area is 196 Å². The third-order valence-electron chi connectivity index (χ3n) is 5.23. The van der Waals surface area contributed by atoms with E-state index in [2.05, 4.69) is 10.0 Å². The van der Waals surface area contributed by atoms with Crippen molar-refractivity contribution in [2.24, 2.45) is 0 Å². The van der Waals surface area contributed by atoms with E-state index < -0.39 is 16.1 Å². The van der Waals surface area contributed by atoms with E-state index in [-0.39, 0.29) is 17.4 Å². The number of rotatable bonds is 5. The summed E-state index contributed by atoms with van der Waals surface area (Å²) in [5.41, 5.74) is 0.835. The predicted molar refractivity (Wildman–Crippen MR) is 124 cm³/mol. The van der Waals surface area contributed by atoms with Crippen LogP contribution in [-0.2, 0) is 14.8 Å². The summed E-state index contributed by atoms with van der Waals surface area (Å²) in [5, 5.41) is 2.75. The van der Waals surface area contributed by atoms with Crippen molar-refractivity contribution in [1.82, 2.24) is 0 Å². The quantitative estimate of drug-likeness (QED) is 0.573. The summed E-state index contributed by atoms with van der Waals surface area (Å²) in [6.45, 7) is 1.07. The van der Waals surface area contributed by atoms with Gasteiger partial charge >= 0.3 is 0 Å². The molecule has 0 spiro atoms. The van der Waals surface area contributed by atoms with Crippen LogP contribution in [0, 0.1) is 0 Å². The lowest BCUT2D eigenvalue weighted by molar-refractivity contribution is -0.125. The van der Waals surface area contributed by atoms with Crippen LogP contribution in [-0.4, -0.2) is 40.2 Å². The molecule has 0 aliphatic carbocycles. The molecule has 176 valence electrons. The van der Waals surface area contributed by atoms with Crippen molar-refractivity contribution in [2.45, 2.75) is 17.4 Å². The Morgan fingerprint density at radius 3 is 2.26 bits per heavy atom. The van der Waals surface area contributed by atoms with Crippen molar-refractivity contribution < 1.29 is 32.2 Å². The molecule has 0 saturated carbocycles. The largest absolute Gasteiger partial charge is 0.490 e. The molecule has 0 saturated heterocycles. The van der Waals surface area contributed by atoms with E-state index in [9.17, 15) is 13.2 Å². The molecular weight excluding hydrogens is 460 g/mol. The van der Waals surface area contributed by atoms with Crippen LogP contribution in [0.3, 0.4) is 0 Å². The summed E-state index contributed by atoms with van der Waals surface area (Å²) in [6.07, 6.45) is -0.0714. The van der Waals surface area contributed by atoms with Crippen molar-refractivity contribution in [1.29, 1.82) is 0 Å². The number of anilines is 2. The van der Waals surface area contributed by atoms with Crippen LogP contribution in [0.4, 0.5) is 11.4 Å². The molecule has 3 aromatic carbocycles. The minimum absolute atomic E-state index is 0.0591. The van der Waals surface area contributed by atoms with E-state index in [1.54, 1.807) is 48.5 Å². The van der Waals surface area contributed by atoms with Gasteiger partial charge in [0.2, 0.25) is 6.10 Å².